The van der Waals surface area contributed by atoms with Gasteiger partial charge < -0.3 is 5.32 Å². The van der Waals surface area contributed by atoms with E-state index in [2.05, 4.69) is 15.5 Å². The van der Waals surface area contributed by atoms with Crippen molar-refractivity contribution in [3.05, 3.63) is 22.1 Å². The quantitative estimate of drug-likeness (QED) is 0.658. The van der Waals surface area contributed by atoms with Crippen LogP contribution in [0.25, 0.3) is 0 Å². The fraction of sp³-hybridized carbons (Fsp3) is 0.636. The minimum Gasteiger partial charge on any atom is -0.348 e. The number of rotatable bonds is 2. The summed E-state index contributed by atoms with van der Waals surface area (Å²) in [5.41, 5.74) is 0.0419. The smallest absolute Gasteiger partial charge is 0.269 e. The van der Waals surface area contributed by atoms with Gasteiger partial charge in [0.15, 0.2) is 0 Å². The van der Waals surface area contributed by atoms with Gasteiger partial charge in [-0.15, -0.1) is 0 Å². The van der Waals surface area contributed by atoms with E-state index in [1.165, 1.54) is 31.7 Å². The van der Waals surface area contributed by atoms with Crippen molar-refractivity contribution >= 4 is 5.91 Å². The summed E-state index contributed by atoms with van der Waals surface area (Å²) in [5.74, 6) is -0.190. The molecule has 0 radical (unpaired) electrons. The van der Waals surface area contributed by atoms with Gasteiger partial charge in [0.25, 0.3) is 11.5 Å². The second kappa shape index (κ2) is 5.01. The van der Waals surface area contributed by atoms with E-state index in [-0.39, 0.29) is 17.5 Å². The van der Waals surface area contributed by atoms with Crippen LogP contribution in [0.15, 0.2) is 10.9 Å². The van der Waals surface area contributed by atoms with Gasteiger partial charge in [-0.25, -0.2) is 0 Å². The van der Waals surface area contributed by atoms with Crippen molar-refractivity contribution in [2.24, 2.45) is 0 Å². The second-order valence-electron chi connectivity index (χ2n) is 4.33. The van der Waals surface area contributed by atoms with E-state index in [1.807, 2.05) is 0 Å². The maximum absolute atomic E-state index is 11.7. The molecule has 0 bridgehead atoms. The highest BCUT2D eigenvalue weighted by Gasteiger charge is 2.16. The molecule has 2 rings (SSSR count). The number of amides is 1. The van der Waals surface area contributed by atoms with Crippen molar-refractivity contribution in [1.29, 1.82) is 0 Å². The highest BCUT2D eigenvalue weighted by molar-refractivity contribution is 5.92. The molecule has 0 atom stereocenters. The van der Waals surface area contributed by atoms with Crippen molar-refractivity contribution < 1.29 is 4.79 Å². The van der Waals surface area contributed by atoms with Crippen LogP contribution in [-0.2, 0) is 0 Å². The van der Waals surface area contributed by atoms with Crippen molar-refractivity contribution in [3.8, 4) is 0 Å². The molecule has 16 heavy (non-hydrogen) atoms. The number of hydrogen-bond donors (Lipinski definition) is 3. The summed E-state index contributed by atoms with van der Waals surface area (Å²) in [7, 11) is 0. The fourth-order valence-corrected chi connectivity index (χ4v) is 2.14. The molecule has 1 fully saturated rings. The Balaban J connectivity index is 1.93. The number of aromatic amines is 2. The van der Waals surface area contributed by atoms with Gasteiger partial charge in [-0.05, 0) is 12.8 Å². The first kappa shape index (κ1) is 11.0. The summed E-state index contributed by atoms with van der Waals surface area (Å²) in [4.78, 5) is 22.6. The summed E-state index contributed by atoms with van der Waals surface area (Å²) in [5, 5.41) is 7.88. The fourth-order valence-electron chi connectivity index (χ4n) is 2.14. The topological polar surface area (TPSA) is 77.8 Å². The van der Waals surface area contributed by atoms with Crippen LogP contribution in [-0.4, -0.2) is 22.1 Å². The zero-order chi connectivity index (χ0) is 11.4. The molecule has 5 nitrogen and oxygen atoms in total. The molecule has 3 N–H and O–H groups in total. The molecule has 1 aliphatic carbocycles. The summed E-state index contributed by atoms with van der Waals surface area (Å²) >= 11 is 0. The molecule has 1 heterocycles. The first-order chi connectivity index (χ1) is 7.75. The van der Waals surface area contributed by atoms with E-state index < -0.39 is 0 Å². The Hall–Kier alpha value is -1.52. The molecule has 0 spiro atoms. The molecule has 1 aromatic rings. The molecular formula is C11H17N3O2. The first-order valence-corrected chi connectivity index (χ1v) is 5.84. The van der Waals surface area contributed by atoms with E-state index >= 15 is 0 Å². The molecule has 0 aliphatic heterocycles. The number of H-pyrrole nitrogens is 2. The number of carbonyl (C=O) groups excluding carboxylic acids is 1. The monoisotopic (exact) mass is 223 g/mol. The van der Waals surface area contributed by atoms with Crippen molar-refractivity contribution in [2.75, 3.05) is 0 Å². The number of hydrogen-bond acceptors (Lipinski definition) is 2. The largest absolute Gasteiger partial charge is 0.348 e. The van der Waals surface area contributed by atoms with Crippen LogP contribution in [0.1, 0.15) is 49.0 Å². The Morgan fingerprint density at radius 1 is 1.19 bits per heavy atom. The Labute approximate surface area is 93.6 Å². The molecule has 1 aliphatic rings. The number of nitrogens with one attached hydrogen (secondary N) is 3. The number of carbonyl (C=O) groups is 1. The molecule has 1 aromatic heterocycles. The molecule has 0 unspecified atom stereocenters. The molecule has 1 amide bonds. The first-order valence-electron chi connectivity index (χ1n) is 5.84. The van der Waals surface area contributed by atoms with E-state index in [0.29, 0.717) is 5.69 Å². The lowest BCUT2D eigenvalue weighted by atomic mass is 10.1. The van der Waals surface area contributed by atoms with Crippen LogP contribution >= 0.6 is 0 Å². The third kappa shape index (κ3) is 2.74. The maximum Gasteiger partial charge on any atom is 0.269 e. The SMILES string of the molecule is O=C(NC1CCCCCC1)c1cc(=O)[nH][nH]1. The van der Waals surface area contributed by atoms with Crippen LogP contribution in [0.2, 0.25) is 0 Å². The molecule has 5 heteroatoms. The Morgan fingerprint density at radius 2 is 1.88 bits per heavy atom. The van der Waals surface area contributed by atoms with Gasteiger partial charge in [0, 0.05) is 12.1 Å². The molecule has 0 aromatic carbocycles. The highest BCUT2D eigenvalue weighted by atomic mass is 16.2. The summed E-state index contributed by atoms with van der Waals surface area (Å²) < 4.78 is 0. The predicted molar refractivity (Wildman–Crippen MR) is 60.4 cm³/mol. The van der Waals surface area contributed by atoms with E-state index in [4.69, 9.17) is 0 Å². The Morgan fingerprint density at radius 3 is 2.44 bits per heavy atom. The van der Waals surface area contributed by atoms with Crippen LogP contribution in [0.5, 0.6) is 0 Å². The van der Waals surface area contributed by atoms with E-state index in [9.17, 15) is 9.59 Å². The average Bonchev–Trinajstić information content (AvgIpc) is 2.54. The van der Waals surface area contributed by atoms with Crippen LogP contribution in [0.4, 0.5) is 0 Å². The molecule has 88 valence electrons. The lowest BCUT2D eigenvalue weighted by molar-refractivity contribution is 0.0928. The zero-order valence-electron chi connectivity index (χ0n) is 9.21. The van der Waals surface area contributed by atoms with Crippen molar-refractivity contribution in [1.82, 2.24) is 15.5 Å². The van der Waals surface area contributed by atoms with Gasteiger partial charge in [-0.3, -0.25) is 19.8 Å². The zero-order valence-corrected chi connectivity index (χ0v) is 9.21. The van der Waals surface area contributed by atoms with Gasteiger partial charge in [0.1, 0.15) is 5.69 Å². The lowest BCUT2D eigenvalue weighted by Crippen LogP contribution is -2.34. The Kier molecular flexibility index (Phi) is 3.44. The standard InChI is InChI=1S/C11H17N3O2/c15-10-7-9(13-14-10)11(16)12-8-5-3-1-2-4-6-8/h7-8H,1-6H2,(H,12,16)(H2,13,14,15). The summed E-state index contributed by atoms with van der Waals surface area (Å²) in [6.45, 7) is 0. The van der Waals surface area contributed by atoms with Crippen LogP contribution in [0.3, 0.4) is 0 Å². The third-order valence-electron chi connectivity index (χ3n) is 3.03. The van der Waals surface area contributed by atoms with Gasteiger partial charge in [-0.2, -0.15) is 0 Å². The predicted octanol–water partition coefficient (Wildman–Crippen LogP) is 1.16. The molecule has 0 saturated heterocycles. The lowest BCUT2D eigenvalue weighted by Gasteiger charge is -2.15. The molecular weight excluding hydrogens is 206 g/mol. The highest BCUT2D eigenvalue weighted by Crippen LogP contribution is 2.17. The van der Waals surface area contributed by atoms with Gasteiger partial charge in [0.2, 0.25) is 0 Å². The normalized spacial score (nSPS) is 18.0. The summed E-state index contributed by atoms with van der Waals surface area (Å²) in [6, 6.07) is 1.54. The maximum atomic E-state index is 11.7. The van der Waals surface area contributed by atoms with Gasteiger partial charge in [-0.1, -0.05) is 25.7 Å². The molecule has 1 saturated carbocycles. The second-order valence-corrected chi connectivity index (χ2v) is 4.33. The average molecular weight is 223 g/mol. The van der Waals surface area contributed by atoms with Gasteiger partial charge in [0.05, 0.1) is 0 Å². The van der Waals surface area contributed by atoms with Crippen LogP contribution in [0, 0.1) is 0 Å². The number of aromatic nitrogens is 2. The van der Waals surface area contributed by atoms with Gasteiger partial charge >= 0.3 is 0 Å². The van der Waals surface area contributed by atoms with E-state index in [1.54, 1.807) is 0 Å². The summed E-state index contributed by atoms with van der Waals surface area (Å²) in [6.07, 6.45) is 6.95. The van der Waals surface area contributed by atoms with Crippen molar-refractivity contribution in [3.63, 3.8) is 0 Å². The van der Waals surface area contributed by atoms with E-state index in [0.717, 1.165) is 12.8 Å². The Bertz CT molecular complexity index is 399. The van der Waals surface area contributed by atoms with Crippen LogP contribution < -0.4 is 10.9 Å². The minimum absolute atomic E-state index is 0.190. The minimum atomic E-state index is -0.272. The third-order valence-corrected chi connectivity index (χ3v) is 3.03. The van der Waals surface area contributed by atoms with Crippen molar-refractivity contribution in [2.45, 2.75) is 44.6 Å².